The van der Waals surface area contributed by atoms with Crippen LogP contribution in [0.4, 0.5) is 0 Å². The highest BCUT2D eigenvalue weighted by molar-refractivity contribution is 5.02. The van der Waals surface area contributed by atoms with E-state index in [0.717, 1.165) is 26.2 Å². The molecule has 162 valence electrons. The highest BCUT2D eigenvalue weighted by Gasteiger charge is 2.34. The molecular formula is C25H44O3. The number of hydrogen-bond acceptors (Lipinski definition) is 3. The minimum atomic E-state index is 0.0556. The first kappa shape index (κ1) is 25.1. The van der Waals surface area contributed by atoms with E-state index in [1.54, 1.807) is 0 Å². The molecule has 0 aromatic rings. The fourth-order valence-corrected chi connectivity index (χ4v) is 2.63. The zero-order valence-corrected chi connectivity index (χ0v) is 18.5. The Balaban J connectivity index is 0.000000226. The maximum Gasteiger partial charge on any atom is 0.107 e. The second-order valence-electron chi connectivity index (χ2n) is 8.16. The Labute approximate surface area is 174 Å². The topological polar surface area (TPSA) is 37.6 Å². The Hall–Kier alpha value is -0.900. The number of epoxide rings is 3. The van der Waals surface area contributed by atoms with Gasteiger partial charge in [-0.05, 0) is 51.9 Å². The van der Waals surface area contributed by atoms with Gasteiger partial charge >= 0.3 is 0 Å². The van der Waals surface area contributed by atoms with Gasteiger partial charge in [-0.3, -0.25) is 0 Å². The summed E-state index contributed by atoms with van der Waals surface area (Å²) in [6.07, 6.45) is 23.9. The third kappa shape index (κ3) is 17.2. The molecule has 0 N–H and O–H groups in total. The first-order chi connectivity index (χ1) is 13.6. The number of ether oxygens (including phenoxy) is 3. The molecule has 3 heteroatoms. The predicted octanol–water partition coefficient (Wildman–Crippen LogP) is 6.78. The van der Waals surface area contributed by atoms with E-state index >= 15 is 0 Å². The Kier molecular flexibility index (Phi) is 14.3. The molecule has 3 unspecified atom stereocenters. The van der Waals surface area contributed by atoms with Crippen molar-refractivity contribution in [3.05, 3.63) is 37.5 Å². The van der Waals surface area contributed by atoms with E-state index < -0.39 is 0 Å². The molecule has 3 aliphatic rings. The Morgan fingerprint density at radius 1 is 0.857 bits per heavy atom. The molecule has 0 aromatic carbocycles. The van der Waals surface area contributed by atoms with Crippen molar-refractivity contribution in [2.24, 2.45) is 0 Å². The van der Waals surface area contributed by atoms with E-state index in [4.69, 9.17) is 14.2 Å². The van der Waals surface area contributed by atoms with Crippen molar-refractivity contribution in [1.82, 2.24) is 0 Å². The van der Waals surface area contributed by atoms with Crippen molar-refractivity contribution in [2.75, 3.05) is 19.8 Å². The van der Waals surface area contributed by atoms with E-state index in [2.05, 4.69) is 32.2 Å². The van der Waals surface area contributed by atoms with Gasteiger partial charge in [-0.1, -0.05) is 56.9 Å². The van der Waals surface area contributed by atoms with Crippen LogP contribution < -0.4 is 0 Å². The van der Waals surface area contributed by atoms with E-state index in [0.29, 0.717) is 12.2 Å². The largest absolute Gasteiger partial charge is 0.373 e. The molecule has 0 spiro atoms. The first-order valence-corrected chi connectivity index (χ1v) is 11.4. The second kappa shape index (κ2) is 16.0. The summed E-state index contributed by atoms with van der Waals surface area (Å²) < 4.78 is 15.1. The van der Waals surface area contributed by atoms with Gasteiger partial charge in [0.05, 0.1) is 32.0 Å². The van der Waals surface area contributed by atoms with E-state index in [1.165, 1.54) is 64.2 Å². The first-order valence-electron chi connectivity index (χ1n) is 11.4. The Morgan fingerprint density at radius 3 is 1.82 bits per heavy atom. The standard InChI is InChI=1S/C12H22O.C8H14O.C5H8O/c1-2-3-4-5-6-7-8-9-10-12-11-13-12;1-2-3-4-5-6-8-7-9-8;1-3-5(2)4-6-5/h3-4,12H,2,5-11H2,1H3;2,8H,1,3-7H2;3H,1,4H2,2H3/b4-3+;;. The Bertz CT molecular complexity index is 418. The minimum Gasteiger partial charge on any atom is -0.373 e. The molecule has 3 atom stereocenters. The second-order valence-corrected chi connectivity index (χ2v) is 8.16. The summed E-state index contributed by atoms with van der Waals surface area (Å²) in [7, 11) is 0. The highest BCUT2D eigenvalue weighted by Crippen LogP contribution is 2.25. The molecule has 0 bridgehead atoms. The van der Waals surface area contributed by atoms with Crippen LogP contribution in [0.2, 0.25) is 0 Å². The summed E-state index contributed by atoms with van der Waals surface area (Å²) in [5.74, 6) is 0. The van der Waals surface area contributed by atoms with Gasteiger partial charge in [-0.15, -0.1) is 13.2 Å². The molecule has 3 fully saturated rings. The predicted molar refractivity (Wildman–Crippen MR) is 120 cm³/mol. The number of unbranched alkanes of at least 4 members (excludes halogenated alkanes) is 6. The maximum atomic E-state index is 5.16. The van der Waals surface area contributed by atoms with Gasteiger partial charge < -0.3 is 14.2 Å². The monoisotopic (exact) mass is 392 g/mol. The van der Waals surface area contributed by atoms with E-state index in [-0.39, 0.29) is 5.60 Å². The van der Waals surface area contributed by atoms with Gasteiger partial charge in [0.25, 0.3) is 0 Å². The third-order valence-electron chi connectivity index (χ3n) is 5.07. The fraction of sp³-hybridized carbons (Fsp3) is 0.760. The molecule has 0 aliphatic carbocycles. The average molecular weight is 393 g/mol. The van der Waals surface area contributed by atoms with Gasteiger partial charge in [0.2, 0.25) is 0 Å². The molecule has 3 saturated heterocycles. The molecule has 3 nitrogen and oxygen atoms in total. The van der Waals surface area contributed by atoms with Crippen molar-refractivity contribution in [2.45, 2.75) is 102 Å². The molecular weight excluding hydrogens is 348 g/mol. The van der Waals surface area contributed by atoms with Crippen LogP contribution >= 0.6 is 0 Å². The zero-order valence-electron chi connectivity index (χ0n) is 18.5. The summed E-state index contributed by atoms with van der Waals surface area (Å²) in [4.78, 5) is 0. The van der Waals surface area contributed by atoms with Crippen LogP contribution in [0.15, 0.2) is 37.5 Å². The summed E-state index contributed by atoms with van der Waals surface area (Å²) >= 11 is 0. The van der Waals surface area contributed by atoms with Gasteiger partial charge in [0.15, 0.2) is 0 Å². The molecule has 3 aliphatic heterocycles. The van der Waals surface area contributed by atoms with Crippen LogP contribution in [0.3, 0.4) is 0 Å². The summed E-state index contributed by atoms with van der Waals surface area (Å²) in [5.41, 5.74) is 0.0556. The van der Waals surface area contributed by atoms with Crippen molar-refractivity contribution in [3.8, 4) is 0 Å². The van der Waals surface area contributed by atoms with Crippen LogP contribution in [0, 0.1) is 0 Å². The normalized spacial score (nSPS) is 26.5. The fourth-order valence-electron chi connectivity index (χ4n) is 2.63. The molecule has 28 heavy (non-hydrogen) atoms. The lowest BCUT2D eigenvalue weighted by Crippen LogP contribution is -1.94. The molecule has 3 heterocycles. The van der Waals surface area contributed by atoms with Crippen molar-refractivity contribution in [3.63, 3.8) is 0 Å². The smallest absolute Gasteiger partial charge is 0.107 e. The number of allylic oxidation sites excluding steroid dienone is 3. The summed E-state index contributed by atoms with van der Waals surface area (Å²) in [5, 5.41) is 0. The van der Waals surface area contributed by atoms with Crippen LogP contribution in [-0.2, 0) is 14.2 Å². The van der Waals surface area contributed by atoms with Crippen LogP contribution in [0.25, 0.3) is 0 Å². The summed E-state index contributed by atoms with van der Waals surface area (Å²) in [6, 6.07) is 0. The quantitative estimate of drug-likeness (QED) is 0.186. The van der Waals surface area contributed by atoms with Crippen LogP contribution in [0.1, 0.15) is 84.5 Å². The van der Waals surface area contributed by atoms with Gasteiger partial charge in [0.1, 0.15) is 5.60 Å². The maximum absolute atomic E-state index is 5.16. The minimum absolute atomic E-state index is 0.0556. The highest BCUT2D eigenvalue weighted by atomic mass is 16.6. The molecule has 3 rings (SSSR count). The van der Waals surface area contributed by atoms with Crippen LogP contribution in [-0.4, -0.2) is 37.6 Å². The molecule has 0 radical (unpaired) electrons. The lowest BCUT2D eigenvalue weighted by Gasteiger charge is -1.97. The Morgan fingerprint density at radius 2 is 1.39 bits per heavy atom. The zero-order chi connectivity index (χ0) is 20.5. The number of hydrogen-bond donors (Lipinski definition) is 0. The molecule has 0 aromatic heterocycles. The lowest BCUT2D eigenvalue weighted by molar-refractivity contribution is 0.370. The van der Waals surface area contributed by atoms with Gasteiger partial charge in [-0.25, -0.2) is 0 Å². The third-order valence-corrected chi connectivity index (χ3v) is 5.07. The van der Waals surface area contributed by atoms with Crippen molar-refractivity contribution in [1.29, 1.82) is 0 Å². The van der Waals surface area contributed by atoms with Crippen LogP contribution in [0.5, 0.6) is 0 Å². The van der Waals surface area contributed by atoms with Gasteiger partial charge in [-0.2, -0.15) is 0 Å². The summed E-state index contributed by atoms with van der Waals surface area (Å²) in [6.45, 7) is 14.3. The van der Waals surface area contributed by atoms with Crippen molar-refractivity contribution < 1.29 is 14.2 Å². The molecule has 0 saturated carbocycles. The number of rotatable bonds is 14. The van der Waals surface area contributed by atoms with Crippen molar-refractivity contribution >= 4 is 0 Å². The molecule has 0 amide bonds. The van der Waals surface area contributed by atoms with Gasteiger partial charge in [0, 0.05) is 0 Å². The SMILES string of the molecule is C=CC1(C)CO1.C=CCCCCC1CO1.CC/C=C/CCCCCCC1CO1. The average Bonchev–Trinajstić information content (AvgIpc) is 3.53. The lowest BCUT2D eigenvalue weighted by atomic mass is 10.1. The van der Waals surface area contributed by atoms with E-state index in [1.807, 2.05) is 19.1 Å². The van der Waals surface area contributed by atoms with E-state index in [9.17, 15) is 0 Å².